The summed E-state index contributed by atoms with van der Waals surface area (Å²) in [5.41, 5.74) is 0. The summed E-state index contributed by atoms with van der Waals surface area (Å²) in [4.78, 5) is 3.53. The van der Waals surface area contributed by atoms with Gasteiger partial charge in [-0.3, -0.25) is 0 Å². The minimum Gasteiger partial charge on any atom is -0.388 e. The van der Waals surface area contributed by atoms with Crippen molar-refractivity contribution in [2.75, 3.05) is 0 Å². The van der Waals surface area contributed by atoms with Crippen LogP contribution in [0, 0.1) is 3.57 Å². The minimum atomic E-state index is -4.70. The molecule has 0 aliphatic carbocycles. The van der Waals surface area contributed by atoms with Gasteiger partial charge >= 0.3 is 6.36 Å². The molecule has 1 aromatic rings. The maximum atomic E-state index is 11.7. The lowest BCUT2D eigenvalue weighted by Gasteiger charge is -2.07. The Kier molecular flexibility index (Phi) is 3.38. The quantitative estimate of drug-likeness (QED) is 0.561. The first kappa shape index (κ1) is 11.0. The first-order valence-electron chi connectivity index (χ1n) is 2.96. The van der Waals surface area contributed by atoms with Crippen molar-refractivity contribution in [1.82, 2.24) is 4.98 Å². The Bertz CT molecular complexity index is 317. The molecule has 0 aromatic carbocycles. The summed E-state index contributed by atoms with van der Waals surface area (Å²) < 4.78 is 39.7. The number of halogens is 5. The number of hydrogen-bond acceptors (Lipinski definition) is 2. The van der Waals surface area contributed by atoms with Gasteiger partial charge in [-0.15, -0.1) is 13.2 Å². The van der Waals surface area contributed by atoms with Gasteiger partial charge in [0.15, 0.2) is 0 Å². The normalized spacial score (nSPS) is 11.5. The lowest BCUT2D eigenvalue weighted by molar-refractivity contribution is -0.276. The van der Waals surface area contributed by atoms with E-state index in [2.05, 4.69) is 25.7 Å². The van der Waals surface area contributed by atoms with E-state index in [1.807, 2.05) is 22.6 Å². The molecule has 1 rings (SSSR count). The highest BCUT2D eigenvalue weighted by molar-refractivity contribution is 14.1. The Morgan fingerprint density at radius 3 is 2.46 bits per heavy atom. The van der Waals surface area contributed by atoms with E-state index in [1.165, 1.54) is 6.07 Å². The molecule has 0 aliphatic heterocycles. The van der Waals surface area contributed by atoms with Crippen molar-refractivity contribution < 1.29 is 17.9 Å². The van der Waals surface area contributed by atoms with Gasteiger partial charge in [0.2, 0.25) is 5.88 Å². The Balaban J connectivity index is 2.86. The van der Waals surface area contributed by atoms with E-state index in [9.17, 15) is 13.2 Å². The van der Waals surface area contributed by atoms with Crippen molar-refractivity contribution in [2.45, 2.75) is 6.36 Å². The molecule has 0 saturated carbocycles. The number of pyridine rings is 1. The van der Waals surface area contributed by atoms with E-state index in [4.69, 9.17) is 0 Å². The van der Waals surface area contributed by atoms with Crippen molar-refractivity contribution in [1.29, 1.82) is 0 Å². The first-order valence-corrected chi connectivity index (χ1v) is 4.83. The van der Waals surface area contributed by atoms with E-state index in [0.29, 0.717) is 8.17 Å². The van der Waals surface area contributed by atoms with Gasteiger partial charge in [0, 0.05) is 9.64 Å². The summed E-state index contributed by atoms with van der Waals surface area (Å²) in [6.45, 7) is 0. The van der Waals surface area contributed by atoms with Crippen molar-refractivity contribution >= 4 is 38.5 Å². The second kappa shape index (κ2) is 3.99. The Morgan fingerprint density at radius 2 is 2.00 bits per heavy atom. The monoisotopic (exact) mass is 367 g/mol. The standard InChI is InChI=1S/C6H2BrF3INO/c7-5-3(11)1-2-4(12-5)13-6(8,9)10/h1-2H. The Hall–Kier alpha value is -0.0500. The van der Waals surface area contributed by atoms with Gasteiger partial charge in [-0.2, -0.15) is 0 Å². The van der Waals surface area contributed by atoms with Crippen LogP contribution in [-0.4, -0.2) is 11.3 Å². The predicted octanol–water partition coefficient (Wildman–Crippen LogP) is 3.35. The van der Waals surface area contributed by atoms with Crippen LogP contribution >= 0.6 is 38.5 Å². The number of aromatic nitrogens is 1. The first-order chi connectivity index (χ1) is 5.88. The second-order valence-electron chi connectivity index (χ2n) is 1.97. The van der Waals surface area contributed by atoms with Crippen LogP contribution < -0.4 is 4.74 Å². The molecule has 0 radical (unpaired) electrons. The highest BCUT2D eigenvalue weighted by Crippen LogP contribution is 2.24. The van der Waals surface area contributed by atoms with Crippen molar-refractivity contribution in [2.24, 2.45) is 0 Å². The van der Waals surface area contributed by atoms with E-state index >= 15 is 0 Å². The molecule has 0 bridgehead atoms. The van der Waals surface area contributed by atoms with E-state index < -0.39 is 12.2 Å². The maximum Gasteiger partial charge on any atom is 0.574 e. The molecule has 1 heterocycles. The summed E-state index contributed by atoms with van der Waals surface area (Å²) in [6, 6.07) is 2.62. The largest absolute Gasteiger partial charge is 0.574 e. The van der Waals surface area contributed by atoms with Crippen molar-refractivity contribution in [3.63, 3.8) is 0 Å². The van der Waals surface area contributed by atoms with E-state index in [-0.39, 0.29) is 0 Å². The summed E-state index contributed by atoms with van der Waals surface area (Å²) in [6.07, 6.45) is -4.70. The third-order valence-corrected chi connectivity index (χ3v) is 3.21. The van der Waals surface area contributed by atoms with E-state index in [1.54, 1.807) is 0 Å². The third-order valence-electron chi connectivity index (χ3n) is 0.998. The molecule has 7 heteroatoms. The molecule has 0 fully saturated rings. The van der Waals surface area contributed by atoms with Crippen LogP contribution in [0.5, 0.6) is 5.88 Å². The number of ether oxygens (including phenoxy) is 1. The fourth-order valence-corrected chi connectivity index (χ4v) is 1.18. The molecular formula is C6H2BrF3INO. The second-order valence-corrected chi connectivity index (χ2v) is 3.88. The van der Waals surface area contributed by atoms with Gasteiger partial charge in [-0.1, -0.05) is 0 Å². The van der Waals surface area contributed by atoms with E-state index in [0.717, 1.165) is 6.07 Å². The van der Waals surface area contributed by atoms with Gasteiger partial charge in [0.05, 0.1) is 0 Å². The smallest absolute Gasteiger partial charge is 0.388 e. The lowest BCUT2D eigenvalue weighted by atomic mass is 10.5. The van der Waals surface area contributed by atoms with Crippen LogP contribution in [-0.2, 0) is 0 Å². The molecule has 0 N–H and O–H groups in total. The van der Waals surface area contributed by atoms with Crippen LogP contribution in [0.1, 0.15) is 0 Å². The molecule has 0 amide bonds. The lowest BCUT2D eigenvalue weighted by Crippen LogP contribution is -2.17. The zero-order valence-electron chi connectivity index (χ0n) is 5.90. The Morgan fingerprint density at radius 1 is 1.38 bits per heavy atom. The summed E-state index contributed by atoms with van der Waals surface area (Å²) >= 11 is 4.92. The highest BCUT2D eigenvalue weighted by Gasteiger charge is 2.31. The van der Waals surface area contributed by atoms with Gasteiger partial charge in [0.1, 0.15) is 4.60 Å². The summed E-state index contributed by atoms with van der Waals surface area (Å²) in [5.74, 6) is -0.472. The number of rotatable bonds is 1. The molecule has 72 valence electrons. The predicted molar refractivity (Wildman–Crippen MR) is 51.3 cm³/mol. The summed E-state index contributed by atoms with van der Waals surface area (Å²) in [5, 5.41) is 0. The van der Waals surface area contributed by atoms with Gasteiger partial charge in [-0.25, -0.2) is 4.98 Å². The Labute approximate surface area is 93.8 Å². The molecule has 0 spiro atoms. The van der Waals surface area contributed by atoms with Crippen molar-refractivity contribution in [3.05, 3.63) is 20.3 Å². The zero-order valence-corrected chi connectivity index (χ0v) is 9.64. The highest BCUT2D eigenvalue weighted by atomic mass is 127. The van der Waals surface area contributed by atoms with Gasteiger partial charge in [-0.05, 0) is 44.6 Å². The van der Waals surface area contributed by atoms with Gasteiger partial charge < -0.3 is 4.74 Å². The summed E-state index contributed by atoms with van der Waals surface area (Å²) in [7, 11) is 0. The van der Waals surface area contributed by atoms with Gasteiger partial charge in [0.25, 0.3) is 0 Å². The van der Waals surface area contributed by atoms with Crippen LogP contribution in [0.3, 0.4) is 0 Å². The number of nitrogens with zero attached hydrogens (tertiary/aromatic N) is 1. The average molecular weight is 368 g/mol. The van der Waals surface area contributed by atoms with Crippen LogP contribution in [0.2, 0.25) is 0 Å². The molecule has 0 aliphatic rings. The topological polar surface area (TPSA) is 22.1 Å². The molecule has 13 heavy (non-hydrogen) atoms. The zero-order chi connectivity index (χ0) is 10.1. The molecular weight excluding hydrogens is 366 g/mol. The van der Waals surface area contributed by atoms with Crippen LogP contribution in [0.4, 0.5) is 13.2 Å². The number of alkyl halides is 3. The minimum absolute atomic E-state index is 0.329. The van der Waals surface area contributed by atoms with Crippen molar-refractivity contribution in [3.8, 4) is 5.88 Å². The molecule has 2 nitrogen and oxygen atoms in total. The SMILES string of the molecule is FC(F)(F)Oc1ccc(I)c(Br)n1. The molecule has 0 saturated heterocycles. The average Bonchev–Trinajstić information content (AvgIpc) is 1.94. The fraction of sp³-hybridized carbons (Fsp3) is 0.167. The molecule has 0 unspecified atom stereocenters. The van der Waals surface area contributed by atoms with Crippen LogP contribution in [0.25, 0.3) is 0 Å². The van der Waals surface area contributed by atoms with Crippen LogP contribution in [0.15, 0.2) is 16.7 Å². The fourth-order valence-electron chi connectivity index (χ4n) is 0.576. The maximum absolute atomic E-state index is 11.7. The molecule has 0 atom stereocenters. The molecule has 1 aromatic heterocycles. The number of hydrogen-bond donors (Lipinski definition) is 0. The third kappa shape index (κ3) is 3.67.